The van der Waals surface area contributed by atoms with Gasteiger partial charge in [0.1, 0.15) is 5.41 Å². The number of phenolic OH excluding ortho intramolecular Hbond substituents is 2. The smallest absolute Gasteiger partial charge is 0.244 e. The Labute approximate surface area is 221 Å². The number of fused-ring (bicyclic) bond motifs is 1. The number of hydrogen-bond acceptors (Lipinski definition) is 3. The molecule has 1 heterocycles. The molecule has 0 atom stereocenters. The van der Waals surface area contributed by atoms with E-state index in [2.05, 4.69) is 5.32 Å². The number of rotatable bonds is 4. The second kappa shape index (κ2) is 8.96. The predicted octanol–water partition coefficient (Wildman–Crippen LogP) is 7.59. The van der Waals surface area contributed by atoms with E-state index >= 15 is 0 Å². The number of anilines is 1. The van der Waals surface area contributed by atoms with Gasteiger partial charge in [-0.05, 0) is 59.0 Å². The van der Waals surface area contributed by atoms with Crippen LogP contribution in [0.15, 0.2) is 72.8 Å². The van der Waals surface area contributed by atoms with E-state index in [1.807, 2.05) is 48.5 Å². The highest BCUT2D eigenvalue weighted by Gasteiger charge is 2.50. The predicted molar refractivity (Wildman–Crippen MR) is 140 cm³/mol. The van der Waals surface area contributed by atoms with Crippen LogP contribution < -0.4 is 5.32 Å². The molecule has 4 nitrogen and oxygen atoms in total. The molecular weight excluding hydrogens is 528 g/mol. The summed E-state index contributed by atoms with van der Waals surface area (Å²) in [7, 11) is 0. The molecule has 5 rings (SSSR count). The maximum absolute atomic E-state index is 13.8. The van der Waals surface area contributed by atoms with Crippen molar-refractivity contribution in [2.24, 2.45) is 0 Å². The summed E-state index contributed by atoms with van der Waals surface area (Å²) >= 11 is 25.1. The van der Waals surface area contributed by atoms with E-state index in [4.69, 9.17) is 46.4 Å². The summed E-state index contributed by atoms with van der Waals surface area (Å²) in [6, 6.07) is 21.7. The Balaban J connectivity index is 1.75. The Bertz CT molecular complexity index is 1380. The monoisotopic (exact) mass is 543 g/mol. The quantitative estimate of drug-likeness (QED) is 0.248. The van der Waals surface area contributed by atoms with Crippen LogP contribution in [0.2, 0.25) is 20.1 Å². The van der Waals surface area contributed by atoms with E-state index < -0.39 is 5.41 Å². The molecule has 0 radical (unpaired) electrons. The Morgan fingerprint density at radius 3 is 1.71 bits per heavy atom. The molecule has 176 valence electrons. The van der Waals surface area contributed by atoms with Crippen molar-refractivity contribution in [2.75, 3.05) is 5.32 Å². The molecule has 0 saturated carbocycles. The molecule has 0 spiro atoms. The minimum Gasteiger partial charge on any atom is -0.505 e. The lowest BCUT2D eigenvalue weighted by atomic mass is 9.70. The molecule has 0 aromatic heterocycles. The summed E-state index contributed by atoms with van der Waals surface area (Å²) in [5, 5.41) is 23.2. The second-order valence-electron chi connectivity index (χ2n) is 8.32. The molecular formula is C27H17Cl4NO3. The van der Waals surface area contributed by atoms with Crippen molar-refractivity contribution >= 4 is 58.0 Å². The standard InChI is InChI=1S/C27H17Cl4NO3/c28-19-10-16(11-20(29)24(19)33)27(17-12-21(30)25(34)22(31)13-17)18-7-6-15(9-23(18)32-26(27)35)8-14-4-2-1-3-5-14/h1-7,9-13,33-34H,8H2,(H,32,35). The van der Waals surface area contributed by atoms with Crippen LogP contribution in [0.5, 0.6) is 11.5 Å². The van der Waals surface area contributed by atoms with E-state index in [0.29, 0.717) is 28.8 Å². The normalized spacial score (nSPS) is 14.0. The van der Waals surface area contributed by atoms with Gasteiger partial charge in [-0.3, -0.25) is 4.79 Å². The molecule has 4 aromatic rings. The zero-order chi connectivity index (χ0) is 24.9. The van der Waals surface area contributed by atoms with Crippen LogP contribution in [0.25, 0.3) is 0 Å². The number of halogens is 4. The van der Waals surface area contributed by atoms with Crippen LogP contribution in [0.3, 0.4) is 0 Å². The maximum Gasteiger partial charge on any atom is 0.244 e. The highest BCUT2D eigenvalue weighted by molar-refractivity contribution is 6.38. The number of nitrogens with one attached hydrogen (secondary N) is 1. The average molecular weight is 545 g/mol. The lowest BCUT2D eigenvalue weighted by Gasteiger charge is -2.30. The van der Waals surface area contributed by atoms with Crippen LogP contribution in [0, 0.1) is 0 Å². The summed E-state index contributed by atoms with van der Waals surface area (Å²) < 4.78 is 0. The Kier molecular flexibility index (Phi) is 6.10. The van der Waals surface area contributed by atoms with Gasteiger partial charge in [0.2, 0.25) is 5.91 Å². The Hall–Kier alpha value is -2.89. The average Bonchev–Trinajstić information content (AvgIpc) is 3.12. The topological polar surface area (TPSA) is 69.6 Å². The van der Waals surface area contributed by atoms with Gasteiger partial charge in [-0.15, -0.1) is 0 Å². The molecule has 4 aromatic carbocycles. The van der Waals surface area contributed by atoms with E-state index in [1.54, 1.807) is 0 Å². The van der Waals surface area contributed by atoms with Gasteiger partial charge in [0.25, 0.3) is 0 Å². The van der Waals surface area contributed by atoms with Crippen LogP contribution >= 0.6 is 46.4 Å². The van der Waals surface area contributed by atoms with Crippen molar-refractivity contribution in [2.45, 2.75) is 11.8 Å². The van der Waals surface area contributed by atoms with Gasteiger partial charge in [0, 0.05) is 11.3 Å². The first-order valence-electron chi connectivity index (χ1n) is 10.6. The molecule has 1 aliphatic rings. The molecule has 0 unspecified atom stereocenters. The Morgan fingerprint density at radius 2 is 1.20 bits per heavy atom. The second-order valence-corrected chi connectivity index (χ2v) is 9.95. The van der Waals surface area contributed by atoms with Gasteiger partial charge in [-0.25, -0.2) is 0 Å². The van der Waals surface area contributed by atoms with Crippen LogP contribution in [-0.4, -0.2) is 16.1 Å². The van der Waals surface area contributed by atoms with Crippen LogP contribution in [0.1, 0.15) is 27.8 Å². The van der Waals surface area contributed by atoms with E-state index in [9.17, 15) is 15.0 Å². The zero-order valence-electron chi connectivity index (χ0n) is 17.9. The van der Waals surface area contributed by atoms with Crippen LogP contribution in [0.4, 0.5) is 5.69 Å². The van der Waals surface area contributed by atoms with Gasteiger partial charge in [-0.2, -0.15) is 0 Å². The number of phenols is 2. The molecule has 1 amide bonds. The molecule has 3 N–H and O–H groups in total. The third-order valence-electron chi connectivity index (χ3n) is 6.23. The van der Waals surface area contributed by atoms with Crippen molar-refractivity contribution in [3.05, 3.63) is 121 Å². The van der Waals surface area contributed by atoms with Gasteiger partial charge in [0.05, 0.1) is 20.1 Å². The first-order valence-corrected chi connectivity index (χ1v) is 12.1. The first kappa shape index (κ1) is 23.8. The molecule has 0 fully saturated rings. The SMILES string of the molecule is O=C1Nc2cc(Cc3ccccc3)ccc2C1(c1cc(Cl)c(O)c(Cl)c1)c1cc(Cl)c(O)c(Cl)c1. The third kappa shape index (κ3) is 3.91. The summed E-state index contributed by atoms with van der Waals surface area (Å²) in [5.74, 6) is -0.948. The number of carbonyl (C=O) groups excluding carboxylic acids is 1. The first-order chi connectivity index (χ1) is 16.7. The fourth-order valence-electron chi connectivity index (χ4n) is 4.61. The van der Waals surface area contributed by atoms with Crippen molar-refractivity contribution in [1.82, 2.24) is 0 Å². The number of benzene rings is 4. The molecule has 1 aliphatic heterocycles. The van der Waals surface area contributed by atoms with Crippen LogP contribution in [-0.2, 0) is 16.6 Å². The number of hydrogen-bond donors (Lipinski definition) is 3. The van der Waals surface area contributed by atoms with E-state index in [-0.39, 0.29) is 37.5 Å². The largest absolute Gasteiger partial charge is 0.505 e. The van der Waals surface area contributed by atoms with Crippen molar-refractivity contribution in [1.29, 1.82) is 0 Å². The lowest BCUT2D eigenvalue weighted by molar-refractivity contribution is -0.118. The highest BCUT2D eigenvalue weighted by atomic mass is 35.5. The summed E-state index contributed by atoms with van der Waals surface area (Å²) in [5.41, 5.74) is 2.78. The third-order valence-corrected chi connectivity index (χ3v) is 7.38. The van der Waals surface area contributed by atoms with Crippen molar-refractivity contribution in [3.8, 4) is 11.5 Å². The summed E-state index contributed by atoms with van der Waals surface area (Å²) in [6.07, 6.45) is 0.685. The zero-order valence-corrected chi connectivity index (χ0v) is 21.0. The van der Waals surface area contributed by atoms with E-state index in [0.717, 1.165) is 11.1 Å². The number of aromatic hydroxyl groups is 2. The highest BCUT2D eigenvalue weighted by Crippen LogP contribution is 2.52. The minimum atomic E-state index is -1.44. The van der Waals surface area contributed by atoms with Crippen molar-refractivity contribution in [3.63, 3.8) is 0 Å². The molecule has 8 heteroatoms. The fourth-order valence-corrected chi connectivity index (χ4v) is 5.58. The summed E-state index contributed by atoms with van der Waals surface area (Å²) in [6.45, 7) is 0. The lowest BCUT2D eigenvalue weighted by Crippen LogP contribution is -2.37. The Morgan fingerprint density at radius 1 is 0.686 bits per heavy atom. The molecule has 0 bridgehead atoms. The molecule has 0 saturated heterocycles. The maximum atomic E-state index is 13.8. The van der Waals surface area contributed by atoms with Crippen molar-refractivity contribution < 1.29 is 15.0 Å². The fraction of sp³-hybridized carbons (Fsp3) is 0.0741. The van der Waals surface area contributed by atoms with Gasteiger partial charge >= 0.3 is 0 Å². The van der Waals surface area contributed by atoms with Gasteiger partial charge in [-0.1, -0.05) is 88.9 Å². The summed E-state index contributed by atoms with van der Waals surface area (Å²) in [4.78, 5) is 13.8. The minimum absolute atomic E-state index is 0.00945. The van der Waals surface area contributed by atoms with Gasteiger partial charge < -0.3 is 15.5 Å². The molecule has 35 heavy (non-hydrogen) atoms. The number of carbonyl (C=O) groups is 1. The van der Waals surface area contributed by atoms with E-state index in [1.165, 1.54) is 24.3 Å². The molecule has 0 aliphatic carbocycles. The van der Waals surface area contributed by atoms with Gasteiger partial charge in [0.15, 0.2) is 11.5 Å². The number of amides is 1.